The number of nitrogens with one attached hydrogen (secondary N) is 1. The van der Waals surface area contributed by atoms with Gasteiger partial charge in [-0.2, -0.15) is 0 Å². The first-order chi connectivity index (χ1) is 14.4. The number of aromatic nitrogens is 2. The fourth-order valence-corrected chi connectivity index (χ4v) is 5.17. The lowest BCUT2D eigenvalue weighted by Gasteiger charge is -2.36. The molecule has 0 bridgehead atoms. The molecule has 0 atom stereocenters. The van der Waals surface area contributed by atoms with Crippen molar-refractivity contribution < 1.29 is 14.3 Å². The largest absolute Gasteiger partial charge is 0.497 e. The molecule has 1 saturated heterocycles. The van der Waals surface area contributed by atoms with Crippen LogP contribution < -0.4 is 10.1 Å². The molecule has 30 heavy (non-hydrogen) atoms. The number of likely N-dealkylation sites (N-methyl/N-ethyl adjacent to an activating group) is 1. The van der Waals surface area contributed by atoms with Crippen LogP contribution in [0.5, 0.6) is 5.75 Å². The smallest absolute Gasteiger partial charge is 0.261 e. The normalized spacial score (nSPS) is 14.5. The molecule has 1 amide bonds. The number of aryl methyl sites for hydroxylation is 1. The van der Waals surface area contributed by atoms with Crippen LogP contribution in [-0.2, 0) is 0 Å². The van der Waals surface area contributed by atoms with Gasteiger partial charge in [0.25, 0.3) is 5.91 Å². The number of ketones is 1. The van der Waals surface area contributed by atoms with Crippen LogP contribution in [-0.4, -0.2) is 65.6 Å². The summed E-state index contributed by atoms with van der Waals surface area (Å²) in [5.41, 5.74) is 0.815. The lowest BCUT2D eigenvalue weighted by molar-refractivity contribution is 0.0861. The zero-order valence-electron chi connectivity index (χ0n) is 17.0. The molecular weight excluding hydrogens is 420 g/mol. The predicted molar refractivity (Wildman–Crippen MR) is 119 cm³/mol. The Hall–Kier alpha value is -2.49. The summed E-state index contributed by atoms with van der Waals surface area (Å²) in [5, 5.41) is 4.59. The Labute approximate surface area is 182 Å². The standard InChI is InChI=1S/C21H22N4O3S2/c1-12-22-16-5-4-14(28-3)8-15(16)21(23-12)29-11-17(26)18-6-7-19(30-18)20(27)24-13-9-25(2)10-13/h4-8,13H,9-11H2,1-3H3,(H,24,27). The highest BCUT2D eigenvalue weighted by molar-refractivity contribution is 8.00. The Balaban J connectivity index is 1.44. The summed E-state index contributed by atoms with van der Waals surface area (Å²) in [6.45, 7) is 3.55. The van der Waals surface area contributed by atoms with E-state index in [4.69, 9.17) is 4.74 Å². The average Bonchev–Trinajstić information content (AvgIpc) is 3.20. The molecule has 0 unspecified atom stereocenters. The van der Waals surface area contributed by atoms with Crippen molar-refractivity contribution >= 4 is 45.7 Å². The number of thiophene rings is 1. The molecule has 1 aromatic carbocycles. The topological polar surface area (TPSA) is 84.4 Å². The number of carbonyl (C=O) groups is 2. The van der Waals surface area contributed by atoms with Crippen LogP contribution in [0, 0.1) is 6.92 Å². The number of benzene rings is 1. The molecule has 0 radical (unpaired) electrons. The first-order valence-electron chi connectivity index (χ1n) is 9.50. The number of amides is 1. The highest BCUT2D eigenvalue weighted by Crippen LogP contribution is 2.29. The van der Waals surface area contributed by atoms with Crippen LogP contribution in [0.2, 0.25) is 0 Å². The number of ether oxygens (including phenoxy) is 1. The van der Waals surface area contributed by atoms with Gasteiger partial charge in [0, 0.05) is 18.5 Å². The van der Waals surface area contributed by atoms with E-state index in [0.717, 1.165) is 34.8 Å². The van der Waals surface area contributed by atoms with Crippen molar-refractivity contribution in [3.05, 3.63) is 45.9 Å². The first-order valence-corrected chi connectivity index (χ1v) is 11.3. The molecule has 3 aromatic rings. The third-order valence-electron chi connectivity index (χ3n) is 4.82. The van der Waals surface area contributed by atoms with Gasteiger partial charge in [0.2, 0.25) is 0 Å². The minimum absolute atomic E-state index is 0.0280. The number of methoxy groups -OCH3 is 1. The van der Waals surface area contributed by atoms with Crippen LogP contribution >= 0.6 is 23.1 Å². The molecule has 156 valence electrons. The van der Waals surface area contributed by atoms with Crippen molar-refractivity contribution in [2.75, 3.05) is 33.0 Å². The molecule has 1 aliphatic heterocycles. The summed E-state index contributed by atoms with van der Waals surface area (Å²) < 4.78 is 5.30. The summed E-state index contributed by atoms with van der Waals surface area (Å²) in [7, 11) is 3.63. The summed E-state index contributed by atoms with van der Waals surface area (Å²) in [6.07, 6.45) is 0. The second kappa shape index (κ2) is 8.71. The zero-order valence-corrected chi connectivity index (χ0v) is 18.6. The van der Waals surface area contributed by atoms with Gasteiger partial charge in [0.1, 0.15) is 16.6 Å². The summed E-state index contributed by atoms with van der Waals surface area (Å²) >= 11 is 2.61. The highest BCUT2D eigenvalue weighted by Gasteiger charge is 2.25. The molecule has 0 saturated carbocycles. The van der Waals surface area contributed by atoms with Crippen molar-refractivity contribution in [2.45, 2.75) is 18.0 Å². The second-order valence-electron chi connectivity index (χ2n) is 7.23. The van der Waals surface area contributed by atoms with Crippen LogP contribution in [0.25, 0.3) is 10.9 Å². The van der Waals surface area contributed by atoms with Gasteiger partial charge in [-0.1, -0.05) is 11.8 Å². The molecule has 1 N–H and O–H groups in total. The van der Waals surface area contributed by atoms with Crippen molar-refractivity contribution in [1.82, 2.24) is 20.2 Å². The Morgan fingerprint density at radius 2 is 2.00 bits per heavy atom. The van der Waals surface area contributed by atoms with Crippen molar-refractivity contribution in [3.8, 4) is 5.75 Å². The lowest BCUT2D eigenvalue weighted by atomic mass is 10.1. The van der Waals surface area contributed by atoms with E-state index in [1.165, 1.54) is 23.1 Å². The van der Waals surface area contributed by atoms with Crippen molar-refractivity contribution in [1.29, 1.82) is 0 Å². The Morgan fingerprint density at radius 1 is 1.23 bits per heavy atom. The maximum absolute atomic E-state index is 12.7. The van der Waals surface area contributed by atoms with E-state index >= 15 is 0 Å². The summed E-state index contributed by atoms with van der Waals surface area (Å²) in [4.78, 5) is 37.3. The molecule has 2 aromatic heterocycles. The summed E-state index contributed by atoms with van der Waals surface area (Å²) in [6, 6.07) is 9.25. The van der Waals surface area contributed by atoms with E-state index in [1.54, 1.807) is 19.2 Å². The number of thioether (sulfide) groups is 1. The predicted octanol–water partition coefficient (Wildman–Crippen LogP) is 3.03. The highest BCUT2D eigenvalue weighted by atomic mass is 32.2. The summed E-state index contributed by atoms with van der Waals surface area (Å²) in [5.74, 6) is 1.46. The number of rotatable bonds is 7. The van der Waals surface area contributed by atoms with E-state index in [9.17, 15) is 9.59 Å². The average molecular weight is 443 g/mol. The van der Waals surface area contributed by atoms with Gasteiger partial charge in [-0.25, -0.2) is 9.97 Å². The number of Topliss-reactive ketones (excluding diaryl/α,β-unsaturated/α-hetero) is 1. The SMILES string of the molecule is COc1ccc2nc(C)nc(SCC(=O)c3ccc(C(=O)NC4CN(C)C4)s3)c2c1. The van der Waals surface area contributed by atoms with Crippen molar-refractivity contribution in [2.24, 2.45) is 0 Å². The van der Waals surface area contributed by atoms with Crippen LogP contribution in [0.3, 0.4) is 0 Å². The molecule has 9 heteroatoms. The lowest BCUT2D eigenvalue weighted by Crippen LogP contribution is -2.57. The van der Waals surface area contributed by atoms with Gasteiger partial charge in [-0.3, -0.25) is 9.59 Å². The van der Waals surface area contributed by atoms with Crippen LogP contribution in [0.1, 0.15) is 25.2 Å². The number of likely N-dealkylation sites (tertiary alicyclic amines) is 1. The Morgan fingerprint density at radius 3 is 2.73 bits per heavy atom. The number of hydrogen-bond donors (Lipinski definition) is 1. The molecule has 1 fully saturated rings. The van der Waals surface area contributed by atoms with Crippen molar-refractivity contribution in [3.63, 3.8) is 0 Å². The maximum atomic E-state index is 12.7. The zero-order chi connectivity index (χ0) is 21.3. The molecule has 0 spiro atoms. The Kier molecular flexibility index (Phi) is 6.03. The van der Waals surface area contributed by atoms with E-state index in [-0.39, 0.29) is 23.5 Å². The van der Waals surface area contributed by atoms with E-state index < -0.39 is 0 Å². The van der Waals surface area contributed by atoms with E-state index in [1.807, 2.05) is 32.2 Å². The molecular formula is C21H22N4O3S2. The Bertz CT molecular complexity index is 1110. The molecule has 4 rings (SSSR count). The number of carbonyl (C=O) groups excluding carboxylic acids is 2. The second-order valence-corrected chi connectivity index (χ2v) is 9.27. The van der Waals surface area contributed by atoms with Gasteiger partial charge in [-0.05, 0) is 44.3 Å². The van der Waals surface area contributed by atoms with E-state index in [2.05, 4.69) is 20.2 Å². The maximum Gasteiger partial charge on any atom is 0.261 e. The van der Waals surface area contributed by atoms with Gasteiger partial charge in [0.15, 0.2) is 5.78 Å². The van der Waals surface area contributed by atoms with Gasteiger partial charge in [-0.15, -0.1) is 11.3 Å². The van der Waals surface area contributed by atoms with E-state index in [0.29, 0.717) is 15.6 Å². The molecule has 7 nitrogen and oxygen atoms in total. The van der Waals surface area contributed by atoms with Gasteiger partial charge in [0.05, 0.1) is 34.2 Å². The van der Waals surface area contributed by atoms with Gasteiger partial charge >= 0.3 is 0 Å². The minimum atomic E-state index is -0.116. The monoisotopic (exact) mass is 442 g/mol. The molecule has 3 heterocycles. The first kappa shape index (κ1) is 20.8. The number of hydrogen-bond acceptors (Lipinski definition) is 8. The molecule has 1 aliphatic rings. The number of nitrogens with zero attached hydrogens (tertiary/aromatic N) is 3. The third-order valence-corrected chi connectivity index (χ3v) is 6.94. The molecule has 0 aliphatic carbocycles. The van der Waals surface area contributed by atoms with Gasteiger partial charge < -0.3 is 15.0 Å². The fraction of sp³-hybridized carbons (Fsp3) is 0.333. The fourth-order valence-electron chi connectivity index (χ4n) is 3.29. The minimum Gasteiger partial charge on any atom is -0.497 e. The third kappa shape index (κ3) is 4.48. The quantitative estimate of drug-likeness (QED) is 0.342. The number of fused-ring (bicyclic) bond motifs is 1. The van der Waals surface area contributed by atoms with Crippen LogP contribution in [0.4, 0.5) is 0 Å². The van der Waals surface area contributed by atoms with Crippen LogP contribution in [0.15, 0.2) is 35.4 Å².